The van der Waals surface area contributed by atoms with Gasteiger partial charge >= 0.3 is 0 Å². The second kappa shape index (κ2) is 7.75. The van der Waals surface area contributed by atoms with E-state index >= 15 is 0 Å². The van der Waals surface area contributed by atoms with Gasteiger partial charge in [-0.05, 0) is 41.6 Å². The maximum atomic E-state index is 12.0. The monoisotopic (exact) mass is 337 g/mol. The zero-order chi connectivity index (χ0) is 16.8. The third-order valence-electron chi connectivity index (χ3n) is 3.68. The molecule has 2 aromatic heterocycles. The number of hydrogen-bond donors (Lipinski definition) is 2. The van der Waals surface area contributed by atoms with Gasteiger partial charge in [-0.1, -0.05) is 30.3 Å². The Morgan fingerprint density at radius 3 is 2.71 bits per heavy atom. The summed E-state index contributed by atoms with van der Waals surface area (Å²) in [6.45, 7) is 2.82. The Hall–Kier alpha value is -2.66. The first-order chi connectivity index (χ1) is 11.7. The Morgan fingerprint density at radius 2 is 2.00 bits per heavy atom. The Kier molecular flexibility index (Phi) is 5.23. The number of hydrogen-bond acceptors (Lipinski definition) is 4. The lowest BCUT2D eigenvalue weighted by atomic mass is 10.1. The molecule has 122 valence electrons. The van der Waals surface area contributed by atoms with E-state index in [-0.39, 0.29) is 5.91 Å². The number of pyridine rings is 1. The fourth-order valence-corrected chi connectivity index (χ4v) is 3.05. The van der Waals surface area contributed by atoms with Crippen molar-refractivity contribution >= 4 is 28.7 Å². The van der Waals surface area contributed by atoms with Crippen molar-refractivity contribution < 1.29 is 4.79 Å². The van der Waals surface area contributed by atoms with Gasteiger partial charge in [-0.2, -0.15) is 0 Å². The summed E-state index contributed by atoms with van der Waals surface area (Å²) < 4.78 is 0. The van der Waals surface area contributed by atoms with Crippen LogP contribution in [0.25, 0.3) is 0 Å². The molecule has 2 heterocycles. The summed E-state index contributed by atoms with van der Waals surface area (Å²) in [4.78, 5) is 17.4. The number of anilines is 2. The SMILES string of the molecule is Cc1ccccc1CNc1ccc(NC(=O)Cc2cccs2)cn1. The number of aromatic nitrogens is 1. The molecule has 3 aromatic rings. The number of benzene rings is 1. The summed E-state index contributed by atoms with van der Waals surface area (Å²) in [5.41, 5.74) is 3.20. The lowest BCUT2D eigenvalue weighted by molar-refractivity contribution is -0.115. The van der Waals surface area contributed by atoms with Crippen LogP contribution in [0.1, 0.15) is 16.0 Å². The largest absolute Gasteiger partial charge is 0.366 e. The zero-order valence-corrected chi connectivity index (χ0v) is 14.3. The van der Waals surface area contributed by atoms with Crippen molar-refractivity contribution in [1.82, 2.24) is 4.98 Å². The van der Waals surface area contributed by atoms with Gasteiger partial charge in [0.25, 0.3) is 0 Å². The maximum absolute atomic E-state index is 12.0. The molecule has 0 radical (unpaired) electrons. The standard InChI is InChI=1S/C19H19N3OS/c1-14-5-2-3-6-15(14)12-20-18-9-8-16(13-21-18)22-19(23)11-17-7-4-10-24-17/h2-10,13H,11-12H2,1H3,(H,20,21)(H,22,23). The van der Waals surface area contributed by atoms with Crippen molar-refractivity contribution in [2.75, 3.05) is 10.6 Å². The molecule has 0 saturated carbocycles. The first kappa shape index (κ1) is 16.2. The molecular formula is C19H19N3OS. The van der Waals surface area contributed by atoms with Crippen LogP contribution < -0.4 is 10.6 Å². The van der Waals surface area contributed by atoms with Gasteiger partial charge in [-0.3, -0.25) is 4.79 Å². The summed E-state index contributed by atoms with van der Waals surface area (Å²) in [6, 6.07) is 15.9. The number of nitrogens with one attached hydrogen (secondary N) is 2. The predicted molar refractivity (Wildman–Crippen MR) is 99.4 cm³/mol. The van der Waals surface area contributed by atoms with Crippen molar-refractivity contribution in [2.45, 2.75) is 19.9 Å². The molecule has 0 bridgehead atoms. The van der Waals surface area contributed by atoms with Gasteiger partial charge in [-0.15, -0.1) is 11.3 Å². The molecule has 1 amide bonds. The van der Waals surface area contributed by atoms with Gasteiger partial charge in [-0.25, -0.2) is 4.98 Å². The quantitative estimate of drug-likeness (QED) is 0.707. The number of aryl methyl sites for hydroxylation is 1. The molecule has 3 rings (SSSR count). The van der Waals surface area contributed by atoms with E-state index in [0.29, 0.717) is 12.1 Å². The molecule has 5 heteroatoms. The first-order valence-corrected chi connectivity index (χ1v) is 8.65. The molecule has 4 nitrogen and oxygen atoms in total. The molecule has 0 aliphatic carbocycles. The molecule has 0 fully saturated rings. The highest BCUT2D eigenvalue weighted by molar-refractivity contribution is 7.10. The fourth-order valence-electron chi connectivity index (χ4n) is 2.34. The predicted octanol–water partition coefficient (Wildman–Crippen LogP) is 4.24. The van der Waals surface area contributed by atoms with Gasteiger partial charge in [0.2, 0.25) is 5.91 Å². The lowest BCUT2D eigenvalue weighted by Crippen LogP contribution is -2.14. The highest BCUT2D eigenvalue weighted by atomic mass is 32.1. The normalized spacial score (nSPS) is 10.4. The van der Waals surface area contributed by atoms with Crippen LogP contribution in [0.5, 0.6) is 0 Å². The summed E-state index contributed by atoms with van der Waals surface area (Å²) >= 11 is 1.58. The maximum Gasteiger partial charge on any atom is 0.229 e. The number of thiophene rings is 1. The van der Waals surface area contributed by atoms with Crippen LogP contribution >= 0.6 is 11.3 Å². The van der Waals surface area contributed by atoms with Crippen LogP contribution in [0.15, 0.2) is 60.1 Å². The zero-order valence-electron chi connectivity index (χ0n) is 13.5. The van der Waals surface area contributed by atoms with Crippen molar-refractivity contribution in [1.29, 1.82) is 0 Å². The minimum absolute atomic E-state index is 0.0279. The molecule has 0 saturated heterocycles. The summed E-state index contributed by atoms with van der Waals surface area (Å²) in [6.07, 6.45) is 2.07. The third-order valence-corrected chi connectivity index (χ3v) is 4.56. The van der Waals surface area contributed by atoms with Crippen molar-refractivity contribution in [3.05, 3.63) is 76.1 Å². The number of nitrogens with zero attached hydrogens (tertiary/aromatic N) is 1. The van der Waals surface area contributed by atoms with E-state index in [1.54, 1.807) is 17.5 Å². The van der Waals surface area contributed by atoms with Crippen LogP contribution in [0, 0.1) is 6.92 Å². The summed E-state index contributed by atoms with van der Waals surface area (Å²) in [5, 5.41) is 8.14. The minimum Gasteiger partial charge on any atom is -0.366 e. The van der Waals surface area contributed by atoms with Gasteiger partial charge in [0, 0.05) is 11.4 Å². The molecule has 0 unspecified atom stereocenters. The van der Waals surface area contributed by atoms with E-state index in [4.69, 9.17) is 0 Å². The number of carbonyl (C=O) groups excluding carboxylic acids is 1. The lowest BCUT2D eigenvalue weighted by Gasteiger charge is -2.09. The number of amides is 1. The second-order valence-corrected chi connectivity index (χ2v) is 6.55. The fraction of sp³-hybridized carbons (Fsp3) is 0.158. The van der Waals surface area contributed by atoms with E-state index < -0.39 is 0 Å². The van der Waals surface area contributed by atoms with Crippen molar-refractivity contribution in [2.24, 2.45) is 0 Å². The Morgan fingerprint density at radius 1 is 1.12 bits per heavy atom. The molecule has 2 N–H and O–H groups in total. The number of carbonyl (C=O) groups is 1. The Balaban J connectivity index is 1.53. The smallest absolute Gasteiger partial charge is 0.229 e. The van der Waals surface area contributed by atoms with E-state index in [1.807, 2.05) is 41.8 Å². The van der Waals surface area contributed by atoms with E-state index in [2.05, 4.69) is 34.7 Å². The Bertz CT molecular complexity index is 798. The van der Waals surface area contributed by atoms with Crippen LogP contribution in [-0.2, 0) is 17.8 Å². The number of rotatable bonds is 6. The summed E-state index contributed by atoms with van der Waals surface area (Å²) in [5.74, 6) is 0.759. The van der Waals surface area contributed by atoms with Gasteiger partial charge in [0.05, 0.1) is 18.3 Å². The van der Waals surface area contributed by atoms with E-state index in [1.165, 1.54) is 11.1 Å². The third kappa shape index (κ3) is 4.43. The van der Waals surface area contributed by atoms with Gasteiger partial charge in [0.1, 0.15) is 5.82 Å². The van der Waals surface area contributed by atoms with Crippen molar-refractivity contribution in [3.63, 3.8) is 0 Å². The molecule has 0 spiro atoms. The van der Waals surface area contributed by atoms with Crippen LogP contribution in [0.3, 0.4) is 0 Å². The Labute approximate surface area is 145 Å². The van der Waals surface area contributed by atoms with Gasteiger partial charge < -0.3 is 10.6 Å². The highest BCUT2D eigenvalue weighted by Gasteiger charge is 2.05. The second-order valence-electron chi connectivity index (χ2n) is 5.52. The minimum atomic E-state index is -0.0279. The van der Waals surface area contributed by atoms with Crippen LogP contribution in [0.2, 0.25) is 0 Å². The molecule has 0 aliphatic rings. The van der Waals surface area contributed by atoms with E-state index in [9.17, 15) is 4.79 Å². The molecule has 24 heavy (non-hydrogen) atoms. The van der Waals surface area contributed by atoms with Crippen LogP contribution in [-0.4, -0.2) is 10.9 Å². The average Bonchev–Trinajstić information content (AvgIpc) is 3.08. The summed E-state index contributed by atoms with van der Waals surface area (Å²) in [7, 11) is 0. The molecular weight excluding hydrogens is 318 g/mol. The molecule has 0 atom stereocenters. The highest BCUT2D eigenvalue weighted by Crippen LogP contribution is 2.14. The van der Waals surface area contributed by atoms with Crippen molar-refractivity contribution in [3.8, 4) is 0 Å². The van der Waals surface area contributed by atoms with Crippen LogP contribution in [0.4, 0.5) is 11.5 Å². The first-order valence-electron chi connectivity index (χ1n) is 7.77. The average molecular weight is 337 g/mol. The molecule has 0 aliphatic heterocycles. The topological polar surface area (TPSA) is 54.0 Å². The van der Waals surface area contributed by atoms with Gasteiger partial charge in [0.15, 0.2) is 0 Å². The van der Waals surface area contributed by atoms with E-state index in [0.717, 1.165) is 17.2 Å². The molecule has 1 aromatic carbocycles.